The Balaban J connectivity index is 1.93. The van der Waals surface area contributed by atoms with E-state index >= 15 is 0 Å². The Labute approximate surface area is 106 Å². The lowest BCUT2D eigenvalue weighted by Crippen LogP contribution is -2.30. The minimum atomic E-state index is 0.631. The molecular weight excluding hydrogens is 228 g/mol. The Morgan fingerprint density at radius 2 is 2.12 bits per heavy atom. The summed E-state index contributed by atoms with van der Waals surface area (Å²) >= 11 is 1.86. The Hall–Kier alpha value is -1.19. The van der Waals surface area contributed by atoms with Crippen LogP contribution < -0.4 is 5.32 Å². The minimum Gasteiger partial charge on any atom is -0.317 e. The van der Waals surface area contributed by atoms with Crippen LogP contribution in [0.15, 0.2) is 30.3 Å². The van der Waals surface area contributed by atoms with E-state index in [1.54, 1.807) is 0 Å². The van der Waals surface area contributed by atoms with E-state index in [2.05, 4.69) is 36.6 Å². The second-order valence-corrected chi connectivity index (χ2v) is 5.57. The van der Waals surface area contributed by atoms with Gasteiger partial charge in [0, 0.05) is 16.5 Å². The Kier molecular flexibility index (Phi) is 2.95. The molecular formula is C14H16N2S. The van der Waals surface area contributed by atoms with Crippen molar-refractivity contribution in [3.05, 3.63) is 40.9 Å². The third-order valence-corrected chi connectivity index (χ3v) is 4.54. The average Bonchev–Trinajstić information content (AvgIpc) is 2.82. The first-order chi connectivity index (χ1) is 8.36. The maximum absolute atomic E-state index is 4.78. The van der Waals surface area contributed by atoms with Gasteiger partial charge in [-0.1, -0.05) is 30.3 Å². The van der Waals surface area contributed by atoms with Crippen molar-refractivity contribution < 1.29 is 0 Å². The quantitative estimate of drug-likeness (QED) is 0.878. The van der Waals surface area contributed by atoms with Crippen molar-refractivity contribution in [2.24, 2.45) is 0 Å². The molecule has 1 aliphatic rings. The molecule has 0 aliphatic heterocycles. The smallest absolute Gasteiger partial charge is 0.123 e. The fourth-order valence-electron chi connectivity index (χ4n) is 2.33. The molecule has 1 unspecified atom stereocenters. The van der Waals surface area contributed by atoms with Gasteiger partial charge >= 0.3 is 0 Å². The minimum absolute atomic E-state index is 0.631. The molecule has 2 nitrogen and oxygen atoms in total. The summed E-state index contributed by atoms with van der Waals surface area (Å²) < 4.78 is 0. The van der Waals surface area contributed by atoms with Gasteiger partial charge in [0.1, 0.15) is 5.01 Å². The summed E-state index contributed by atoms with van der Waals surface area (Å²) in [5.41, 5.74) is 2.56. The second-order valence-electron chi connectivity index (χ2n) is 4.48. The average molecular weight is 244 g/mol. The highest BCUT2D eigenvalue weighted by Crippen LogP contribution is 2.32. The summed E-state index contributed by atoms with van der Waals surface area (Å²) in [5, 5.41) is 4.55. The van der Waals surface area contributed by atoms with Gasteiger partial charge in [-0.2, -0.15) is 0 Å². The maximum atomic E-state index is 4.78. The van der Waals surface area contributed by atoms with E-state index in [0.717, 1.165) is 12.8 Å². The monoisotopic (exact) mass is 244 g/mol. The van der Waals surface area contributed by atoms with Gasteiger partial charge < -0.3 is 5.32 Å². The van der Waals surface area contributed by atoms with Crippen LogP contribution in [-0.2, 0) is 12.8 Å². The lowest BCUT2D eigenvalue weighted by Gasteiger charge is -2.19. The van der Waals surface area contributed by atoms with E-state index in [0.29, 0.717) is 6.04 Å². The maximum Gasteiger partial charge on any atom is 0.123 e. The molecule has 88 valence electrons. The van der Waals surface area contributed by atoms with Crippen molar-refractivity contribution in [2.75, 3.05) is 7.05 Å². The summed E-state index contributed by atoms with van der Waals surface area (Å²) in [6.07, 6.45) is 3.46. The molecule has 1 aliphatic carbocycles. The van der Waals surface area contributed by atoms with Crippen LogP contribution in [0.2, 0.25) is 0 Å². The van der Waals surface area contributed by atoms with Crippen molar-refractivity contribution in [2.45, 2.75) is 25.3 Å². The van der Waals surface area contributed by atoms with Crippen molar-refractivity contribution in [1.82, 2.24) is 10.3 Å². The molecule has 0 bridgehead atoms. The molecule has 2 aromatic rings. The van der Waals surface area contributed by atoms with E-state index in [9.17, 15) is 0 Å². The molecule has 1 aromatic heterocycles. The number of likely N-dealkylation sites (N-methyl/N-ethyl adjacent to an activating group) is 1. The summed E-state index contributed by atoms with van der Waals surface area (Å²) in [5.74, 6) is 0. The van der Waals surface area contributed by atoms with E-state index < -0.39 is 0 Å². The number of hydrogen-bond donors (Lipinski definition) is 1. The van der Waals surface area contributed by atoms with Crippen molar-refractivity contribution >= 4 is 11.3 Å². The normalized spacial score (nSPS) is 19.0. The zero-order chi connectivity index (χ0) is 11.7. The zero-order valence-electron chi connectivity index (χ0n) is 9.94. The third kappa shape index (κ3) is 2.13. The number of aryl methyl sites for hydroxylation is 1. The van der Waals surface area contributed by atoms with Gasteiger partial charge in [-0.15, -0.1) is 11.3 Å². The van der Waals surface area contributed by atoms with Gasteiger partial charge in [0.15, 0.2) is 0 Å². The third-order valence-electron chi connectivity index (χ3n) is 3.37. The number of benzene rings is 1. The number of aromatic nitrogens is 1. The van der Waals surface area contributed by atoms with Crippen LogP contribution in [0.25, 0.3) is 10.6 Å². The van der Waals surface area contributed by atoms with Crippen molar-refractivity contribution in [1.29, 1.82) is 0 Å². The van der Waals surface area contributed by atoms with Crippen LogP contribution in [0.5, 0.6) is 0 Å². The number of nitrogens with one attached hydrogen (secondary N) is 1. The summed E-state index contributed by atoms with van der Waals surface area (Å²) in [6, 6.07) is 11.1. The fraction of sp³-hybridized carbons (Fsp3) is 0.357. The fourth-order valence-corrected chi connectivity index (χ4v) is 3.52. The number of hydrogen-bond acceptors (Lipinski definition) is 3. The number of thiazole rings is 1. The van der Waals surface area contributed by atoms with Gasteiger partial charge in [0.2, 0.25) is 0 Å². The molecule has 17 heavy (non-hydrogen) atoms. The van der Waals surface area contributed by atoms with E-state index in [-0.39, 0.29) is 0 Å². The predicted molar refractivity (Wildman–Crippen MR) is 72.4 cm³/mol. The Morgan fingerprint density at radius 1 is 1.29 bits per heavy atom. The number of nitrogens with zero attached hydrogens (tertiary/aromatic N) is 1. The highest BCUT2D eigenvalue weighted by atomic mass is 32.1. The molecule has 0 amide bonds. The lowest BCUT2D eigenvalue weighted by atomic mass is 9.98. The van der Waals surface area contributed by atoms with Crippen molar-refractivity contribution in [3.8, 4) is 10.6 Å². The first-order valence-corrected chi connectivity index (χ1v) is 6.89. The van der Waals surface area contributed by atoms with E-state index in [1.165, 1.54) is 27.6 Å². The van der Waals surface area contributed by atoms with Gasteiger partial charge in [0.25, 0.3) is 0 Å². The van der Waals surface area contributed by atoms with Gasteiger partial charge in [-0.25, -0.2) is 4.98 Å². The molecule has 3 rings (SSSR count). The molecule has 1 N–H and O–H groups in total. The van der Waals surface area contributed by atoms with E-state index in [1.807, 2.05) is 17.4 Å². The largest absolute Gasteiger partial charge is 0.317 e. The van der Waals surface area contributed by atoms with Crippen LogP contribution in [0.4, 0.5) is 0 Å². The second kappa shape index (κ2) is 4.59. The SMILES string of the molecule is CNC1CCc2nc(-c3ccccc3)sc2C1. The topological polar surface area (TPSA) is 24.9 Å². The Morgan fingerprint density at radius 3 is 2.88 bits per heavy atom. The summed E-state index contributed by atoms with van der Waals surface area (Å²) in [6.45, 7) is 0. The predicted octanol–water partition coefficient (Wildman–Crippen LogP) is 2.89. The van der Waals surface area contributed by atoms with Crippen molar-refractivity contribution in [3.63, 3.8) is 0 Å². The molecule has 1 atom stereocenters. The van der Waals surface area contributed by atoms with Crippen LogP contribution in [0.1, 0.15) is 17.0 Å². The van der Waals surface area contributed by atoms with Crippen LogP contribution in [0.3, 0.4) is 0 Å². The zero-order valence-corrected chi connectivity index (χ0v) is 10.8. The summed E-state index contributed by atoms with van der Waals surface area (Å²) in [7, 11) is 2.05. The molecule has 0 spiro atoms. The molecule has 3 heteroatoms. The highest BCUT2D eigenvalue weighted by molar-refractivity contribution is 7.15. The van der Waals surface area contributed by atoms with Gasteiger partial charge in [-0.05, 0) is 26.3 Å². The standard InChI is InChI=1S/C14H16N2S/c1-15-11-7-8-12-13(9-11)17-14(16-12)10-5-3-2-4-6-10/h2-6,11,15H,7-9H2,1H3. The first kappa shape index (κ1) is 10.9. The molecule has 1 aromatic carbocycles. The van der Waals surface area contributed by atoms with Crippen LogP contribution in [0, 0.1) is 0 Å². The van der Waals surface area contributed by atoms with E-state index in [4.69, 9.17) is 4.98 Å². The lowest BCUT2D eigenvalue weighted by molar-refractivity contribution is 0.497. The molecule has 0 saturated carbocycles. The molecule has 0 radical (unpaired) electrons. The number of fused-ring (bicyclic) bond motifs is 1. The van der Waals surface area contributed by atoms with Crippen LogP contribution in [-0.4, -0.2) is 18.1 Å². The van der Waals surface area contributed by atoms with Gasteiger partial charge in [0.05, 0.1) is 5.69 Å². The molecule has 0 saturated heterocycles. The molecule has 0 fully saturated rings. The first-order valence-electron chi connectivity index (χ1n) is 6.08. The number of rotatable bonds is 2. The van der Waals surface area contributed by atoms with Crippen LogP contribution >= 0.6 is 11.3 Å². The van der Waals surface area contributed by atoms with Gasteiger partial charge in [-0.3, -0.25) is 0 Å². The Bertz CT molecular complexity index is 504. The molecule has 1 heterocycles. The highest BCUT2D eigenvalue weighted by Gasteiger charge is 2.21. The summed E-state index contributed by atoms with van der Waals surface area (Å²) in [4.78, 5) is 6.25.